The van der Waals surface area contributed by atoms with Crippen LogP contribution in [0.5, 0.6) is 0 Å². The lowest BCUT2D eigenvalue weighted by Crippen LogP contribution is -2.12. The first-order valence-corrected chi connectivity index (χ1v) is 7.06. The van der Waals surface area contributed by atoms with E-state index in [1.165, 1.54) is 11.3 Å². The van der Waals surface area contributed by atoms with Crippen LogP contribution >= 0.6 is 34.5 Å². The number of nitrogens with one attached hydrogen (secondary N) is 1. The Balaban J connectivity index is 2.25. The van der Waals surface area contributed by atoms with Crippen LogP contribution in [0.25, 0.3) is 0 Å². The molecule has 0 fully saturated rings. The number of alkyl halides is 1. The molecule has 2 aromatic rings. The summed E-state index contributed by atoms with van der Waals surface area (Å²) in [5.41, 5.74) is 1.61. The molecule has 0 spiro atoms. The van der Waals surface area contributed by atoms with Gasteiger partial charge in [0.25, 0.3) is 5.91 Å². The van der Waals surface area contributed by atoms with Crippen molar-refractivity contribution in [2.75, 3.05) is 5.32 Å². The standard InChI is InChI=1S/C13H11Cl2NOS/c1-8(14)9-4-2-3-5-11(9)16-13(17)12-10(15)6-7-18-12/h2-8H,1H3,(H,16,17). The van der Waals surface area contributed by atoms with Crippen LogP contribution in [0, 0.1) is 0 Å². The molecule has 18 heavy (non-hydrogen) atoms. The largest absolute Gasteiger partial charge is 0.321 e. The van der Waals surface area contributed by atoms with Crippen molar-refractivity contribution in [3.63, 3.8) is 0 Å². The fourth-order valence-corrected chi connectivity index (χ4v) is 2.82. The van der Waals surface area contributed by atoms with Crippen LogP contribution < -0.4 is 5.32 Å². The Bertz CT molecular complexity index is 566. The van der Waals surface area contributed by atoms with Gasteiger partial charge in [0.2, 0.25) is 0 Å². The molecule has 1 N–H and O–H groups in total. The molecule has 0 saturated heterocycles. The second-order valence-electron chi connectivity index (χ2n) is 3.76. The number of anilines is 1. The van der Waals surface area contributed by atoms with Crippen LogP contribution in [0.15, 0.2) is 35.7 Å². The van der Waals surface area contributed by atoms with Crippen LogP contribution in [0.1, 0.15) is 27.5 Å². The summed E-state index contributed by atoms with van der Waals surface area (Å²) in [6.07, 6.45) is 0. The summed E-state index contributed by atoms with van der Waals surface area (Å²) in [5, 5.41) is 4.92. The molecule has 0 aliphatic heterocycles. The van der Waals surface area contributed by atoms with Gasteiger partial charge in [-0.05, 0) is 30.0 Å². The van der Waals surface area contributed by atoms with Crippen LogP contribution in [-0.4, -0.2) is 5.91 Å². The van der Waals surface area contributed by atoms with Crippen molar-refractivity contribution in [2.45, 2.75) is 12.3 Å². The van der Waals surface area contributed by atoms with Gasteiger partial charge in [-0.2, -0.15) is 0 Å². The molecule has 1 heterocycles. The van der Waals surface area contributed by atoms with Crippen molar-refractivity contribution in [1.82, 2.24) is 0 Å². The first-order valence-electron chi connectivity index (χ1n) is 5.37. The Hall–Kier alpha value is -1.03. The van der Waals surface area contributed by atoms with Crippen molar-refractivity contribution in [3.05, 3.63) is 51.2 Å². The summed E-state index contributed by atoms with van der Waals surface area (Å²) in [6.45, 7) is 1.87. The topological polar surface area (TPSA) is 29.1 Å². The maximum Gasteiger partial charge on any atom is 0.267 e. The quantitative estimate of drug-likeness (QED) is 0.798. The summed E-state index contributed by atoms with van der Waals surface area (Å²) in [4.78, 5) is 12.6. The molecule has 0 aliphatic rings. The van der Waals surface area contributed by atoms with Crippen LogP contribution in [0.2, 0.25) is 5.02 Å². The Kier molecular flexibility index (Phi) is 4.27. The van der Waals surface area contributed by atoms with E-state index in [1.54, 1.807) is 11.4 Å². The van der Waals surface area contributed by atoms with Gasteiger partial charge in [0.15, 0.2) is 0 Å². The highest BCUT2D eigenvalue weighted by Gasteiger charge is 2.14. The molecule has 94 valence electrons. The maximum absolute atomic E-state index is 12.0. The average Bonchev–Trinajstić information content (AvgIpc) is 2.76. The van der Waals surface area contributed by atoms with E-state index >= 15 is 0 Å². The maximum atomic E-state index is 12.0. The molecule has 1 atom stereocenters. The fourth-order valence-electron chi connectivity index (χ4n) is 1.59. The SMILES string of the molecule is CC(Cl)c1ccccc1NC(=O)c1sccc1Cl. The number of halogens is 2. The second-order valence-corrected chi connectivity index (χ2v) is 5.73. The Morgan fingerprint density at radius 3 is 2.67 bits per heavy atom. The van der Waals surface area contributed by atoms with Crippen LogP contribution in [-0.2, 0) is 0 Å². The van der Waals surface area contributed by atoms with Crippen molar-refractivity contribution in [1.29, 1.82) is 0 Å². The summed E-state index contributed by atoms with van der Waals surface area (Å²) in [7, 11) is 0. The minimum Gasteiger partial charge on any atom is -0.321 e. The Morgan fingerprint density at radius 1 is 1.33 bits per heavy atom. The van der Waals surface area contributed by atoms with Crippen LogP contribution in [0.4, 0.5) is 5.69 Å². The molecule has 2 nitrogen and oxygen atoms in total. The molecule has 0 radical (unpaired) electrons. The molecule has 1 aromatic heterocycles. The van der Waals surface area contributed by atoms with E-state index < -0.39 is 0 Å². The van der Waals surface area contributed by atoms with Gasteiger partial charge in [-0.1, -0.05) is 29.8 Å². The summed E-state index contributed by atoms with van der Waals surface area (Å²) < 4.78 is 0. The first-order chi connectivity index (χ1) is 8.59. The number of carbonyl (C=O) groups is 1. The van der Waals surface area contributed by atoms with Crippen molar-refractivity contribution >= 4 is 46.1 Å². The molecule has 5 heteroatoms. The monoisotopic (exact) mass is 299 g/mol. The third-order valence-electron chi connectivity index (χ3n) is 2.46. The molecular formula is C13H11Cl2NOS. The predicted octanol–water partition coefficient (Wildman–Crippen LogP) is 4.95. The molecule has 0 saturated carbocycles. The van der Waals surface area contributed by atoms with Gasteiger partial charge < -0.3 is 5.32 Å². The van der Waals surface area contributed by atoms with E-state index in [4.69, 9.17) is 23.2 Å². The predicted molar refractivity (Wildman–Crippen MR) is 78.0 cm³/mol. The van der Waals surface area contributed by atoms with Crippen molar-refractivity contribution in [3.8, 4) is 0 Å². The van der Waals surface area contributed by atoms with E-state index in [-0.39, 0.29) is 11.3 Å². The molecule has 1 unspecified atom stereocenters. The van der Waals surface area contributed by atoms with E-state index in [0.717, 1.165) is 11.3 Å². The highest BCUT2D eigenvalue weighted by Crippen LogP contribution is 2.29. The lowest BCUT2D eigenvalue weighted by atomic mass is 10.1. The number of amides is 1. The van der Waals surface area contributed by atoms with Gasteiger partial charge in [-0.25, -0.2) is 0 Å². The highest BCUT2D eigenvalue weighted by atomic mass is 35.5. The molecule has 1 aromatic carbocycles. The van der Waals surface area contributed by atoms with Gasteiger partial charge in [0.05, 0.1) is 10.4 Å². The van der Waals surface area contributed by atoms with Gasteiger partial charge in [-0.15, -0.1) is 22.9 Å². The summed E-state index contributed by atoms with van der Waals surface area (Å²) in [6, 6.07) is 9.17. The first kappa shape index (κ1) is 13.4. The zero-order valence-electron chi connectivity index (χ0n) is 9.61. The van der Waals surface area contributed by atoms with E-state index in [9.17, 15) is 4.79 Å². The Labute approximate surface area is 120 Å². The number of carbonyl (C=O) groups excluding carboxylic acids is 1. The number of para-hydroxylation sites is 1. The molecule has 1 amide bonds. The lowest BCUT2D eigenvalue weighted by Gasteiger charge is -2.12. The molecule has 0 bridgehead atoms. The van der Waals surface area contributed by atoms with Gasteiger partial charge in [0, 0.05) is 5.69 Å². The number of rotatable bonds is 3. The fraction of sp³-hybridized carbons (Fsp3) is 0.154. The normalized spacial score (nSPS) is 12.2. The number of thiophene rings is 1. The third-order valence-corrected chi connectivity index (χ3v) is 4.04. The average molecular weight is 300 g/mol. The summed E-state index contributed by atoms with van der Waals surface area (Å²) >= 11 is 13.3. The van der Waals surface area contributed by atoms with E-state index in [1.807, 2.05) is 31.2 Å². The number of hydrogen-bond donors (Lipinski definition) is 1. The number of hydrogen-bond acceptors (Lipinski definition) is 2. The Morgan fingerprint density at radius 2 is 2.06 bits per heavy atom. The molecule has 0 aliphatic carbocycles. The van der Waals surface area contributed by atoms with Crippen LogP contribution in [0.3, 0.4) is 0 Å². The van der Waals surface area contributed by atoms with E-state index in [0.29, 0.717) is 9.90 Å². The lowest BCUT2D eigenvalue weighted by molar-refractivity contribution is 0.103. The minimum atomic E-state index is -0.209. The zero-order valence-corrected chi connectivity index (χ0v) is 11.9. The zero-order chi connectivity index (χ0) is 13.1. The van der Waals surface area contributed by atoms with Crippen molar-refractivity contribution < 1.29 is 4.79 Å². The van der Waals surface area contributed by atoms with E-state index in [2.05, 4.69) is 5.32 Å². The van der Waals surface area contributed by atoms with Gasteiger partial charge >= 0.3 is 0 Å². The summed E-state index contributed by atoms with van der Waals surface area (Å²) in [5.74, 6) is -0.209. The van der Waals surface area contributed by atoms with Gasteiger partial charge in [-0.3, -0.25) is 4.79 Å². The minimum absolute atomic E-state index is 0.166. The van der Waals surface area contributed by atoms with Crippen molar-refractivity contribution in [2.24, 2.45) is 0 Å². The molecular weight excluding hydrogens is 289 g/mol. The second kappa shape index (κ2) is 5.74. The molecule has 2 rings (SSSR count). The third kappa shape index (κ3) is 2.86. The number of benzene rings is 1. The highest BCUT2D eigenvalue weighted by molar-refractivity contribution is 7.12. The smallest absolute Gasteiger partial charge is 0.267 e. The van der Waals surface area contributed by atoms with Gasteiger partial charge in [0.1, 0.15) is 4.88 Å².